The van der Waals surface area contributed by atoms with E-state index in [9.17, 15) is 9.59 Å². The molecule has 0 aromatic rings. The lowest BCUT2D eigenvalue weighted by Crippen LogP contribution is -2.34. The minimum absolute atomic E-state index is 0.0413. The van der Waals surface area contributed by atoms with Gasteiger partial charge in [-0.05, 0) is 21.0 Å². The van der Waals surface area contributed by atoms with E-state index in [4.69, 9.17) is 0 Å². The summed E-state index contributed by atoms with van der Waals surface area (Å²) in [7, 11) is 5.71. The summed E-state index contributed by atoms with van der Waals surface area (Å²) in [5, 5.41) is 0. The van der Waals surface area contributed by atoms with Crippen molar-refractivity contribution < 1.29 is 9.59 Å². The van der Waals surface area contributed by atoms with Crippen molar-refractivity contribution in [3.63, 3.8) is 0 Å². The lowest BCUT2D eigenvalue weighted by atomic mass is 10.0. The monoisotopic (exact) mass is 214 g/mol. The normalized spacial score (nSPS) is 12.7. The molecular formula is C11H22N2O2. The Morgan fingerprint density at radius 1 is 1.13 bits per heavy atom. The average molecular weight is 214 g/mol. The molecule has 0 aliphatic rings. The Labute approximate surface area is 92.2 Å². The van der Waals surface area contributed by atoms with Gasteiger partial charge < -0.3 is 9.80 Å². The van der Waals surface area contributed by atoms with Gasteiger partial charge in [0.1, 0.15) is 5.78 Å². The summed E-state index contributed by atoms with van der Waals surface area (Å²) in [6.45, 7) is 4.87. The third kappa shape index (κ3) is 6.23. The lowest BCUT2D eigenvalue weighted by Gasteiger charge is -2.20. The van der Waals surface area contributed by atoms with Crippen LogP contribution in [0.25, 0.3) is 0 Å². The second-order valence-electron chi connectivity index (χ2n) is 4.33. The molecule has 0 rings (SSSR count). The van der Waals surface area contributed by atoms with Crippen LogP contribution in [0.1, 0.15) is 20.3 Å². The van der Waals surface area contributed by atoms with Gasteiger partial charge in [-0.25, -0.2) is 0 Å². The molecule has 0 aromatic heterocycles. The maximum atomic E-state index is 11.6. The van der Waals surface area contributed by atoms with Gasteiger partial charge in [0.2, 0.25) is 5.91 Å². The molecule has 0 aliphatic carbocycles. The lowest BCUT2D eigenvalue weighted by molar-refractivity contribution is -0.133. The Kier molecular flexibility index (Phi) is 6.17. The molecule has 4 heteroatoms. The third-order valence-corrected chi connectivity index (χ3v) is 2.48. The van der Waals surface area contributed by atoms with Gasteiger partial charge in [0, 0.05) is 32.5 Å². The standard InChI is InChI=1S/C11H22N2O2/c1-9(10(2)14)8-11(15)13(5)7-6-12(3)4/h9H,6-8H2,1-5H3. The smallest absolute Gasteiger partial charge is 0.223 e. The van der Waals surface area contributed by atoms with Crippen molar-refractivity contribution in [1.29, 1.82) is 0 Å². The van der Waals surface area contributed by atoms with E-state index in [0.29, 0.717) is 13.0 Å². The summed E-state index contributed by atoms with van der Waals surface area (Å²) in [6, 6.07) is 0. The highest BCUT2D eigenvalue weighted by Crippen LogP contribution is 2.05. The van der Waals surface area contributed by atoms with Crippen molar-refractivity contribution in [3.8, 4) is 0 Å². The summed E-state index contributed by atoms with van der Waals surface area (Å²) in [5.41, 5.74) is 0. The first-order valence-electron chi connectivity index (χ1n) is 5.23. The summed E-state index contributed by atoms with van der Waals surface area (Å²) < 4.78 is 0. The highest BCUT2D eigenvalue weighted by molar-refractivity contribution is 5.85. The molecule has 1 atom stereocenters. The van der Waals surface area contributed by atoms with Crippen molar-refractivity contribution in [2.24, 2.45) is 5.92 Å². The van der Waals surface area contributed by atoms with E-state index in [0.717, 1.165) is 6.54 Å². The number of rotatable bonds is 6. The number of likely N-dealkylation sites (N-methyl/N-ethyl adjacent to an activating group) is 2. The fourth-order valence-electron chi connectivity index (χ4n) is 1.04. The van der Waals surface area contributed by atoms with Gasteiger partial charge in [0.15, 0.2) is 0 Å². The summed E-state index contributed by atoms with van der Waals surface area (Å²) in [6.07, 6.45) is 0.319. The van der Waals surface area contributed by atoms with Crippen LogP contribution < -0.4 is 0 Å². The zero-order valence-corrected chi connectivity index (χ0v) is 10.4. The number of nitrogens with zero attached hydrogens (tertiary/aromatic N) is 2. The SMILES string of the molecule is CC(=O)C(C)CC(=O)N(C)CCN(C)C. The van der Waals surface area contributed by atoms with Crippen LogP contribution in [-0.4, -0.2) is 55.7 Å². The molecule has 0 aromatic carbocycles. The molecule has 4 nitrogen and oxygen atoms in total. The number of Topliss-reactive ketones (excluding diaryl/α,β-unsaturated/α-hetero) is 1. The van der Waals surface area contributed by atoms with Crippen LogP contribution in [0.15, 0.2) is 0 Å². The van der Waals surface area contributed by atoms with E-state index >= 15 is 0 Å². The fraction of sp³-hybridized carbons (Fsp3) is 0.818. The first-order chi connectivity index (χ1) is 6.84. The van der Waals surface area contributed by atoms with E-state index in [1.54, 1.807) is 18.9 Å². The second kappa shape index (κ2) is 6.56. The third-order valence-electron chi connectivity index (χ3n) is 2.48. The van der Waals surface area contributed by atoms with Crippen molar-refractivity contribution in [2.75, 3.05) is 34.2 Å². The van der Waals surface area contributed by atoms with E-state index in [-0.39, 0.29) is 17.6 Å². The highest BCUT2D eigenvalue weighted by atomic mass is 16.2. The van der Waals surface area contributed by atoms with Crippen molar-refractivity contribution in [1.82, 2.24) is 9.80 Å². The maximum Gasteiger partial charge on any atom is 0.223 e. The second-order valence-corrected chi connectivity index (χ2v) is 4.33. The van der Waals surface area contributed by atoms with E-state index < -0.39 is 0 Å². The van der Waals surface area contributed by atoms with Gasteiger partial charge in [0.25, 0.3) is 0 Å². The van der Waals surface area contributed by atoms with E-state index in [1.807, 2.05) is 19.0 Å². The van der Waals surface area contributed by atoms with Gasteiger partial charge in [0.05, 0.1) is 0 Å². The molecule has 0 heterocycles. The van der Waals surface area contributed by atoms with Crippen LogP contribution >= 0.6 is 0 Å². The number of amides is 1. The molecular weight excluding hydrogens is 192 g/mol. The predicted molar refractivity (Wildman–Crippen MR) is 60.7 cm³/mol. The highest BCUT2D eigenvalue weighted by Gasteiger charge is 2.16. The van der Waals surface area contributed by atoms with Gasteiger partial charge in [-0.3, -0.25) is 9.59 Å². The van der Waals surface area contributed by atoms with E-state index in [1.165, 1.54) is 6.92 Å². The van der Waals surface area contributed by atoms with Crippen LogP contribution in [0.3, 0.4) is 0 Å². The Hall–Kier alpha value is -0.900. The maximum absolute atomic E-state index is 11.6. The predicted octanol–water partition coefficient (Wildman–Crippen LogP) is 0.622. The molecule has 0 saturated heterocycles. The molecule has 0 fully saturated rings. The molecule has 0 spiro atoms. The molecule has 1 amide bonds. The van der Waals surface area contributed by atoms with Crippen molar-refractivity contribution in [2.45, 2.75) is 20.3 Å². The first-order valence-corrected chi connectivity index (χ1v) is 5.23. The van der Waals surface area contributed by atoms with Gasteiger partial charge in [-0.1, -0.05) is 6.92 Å². The summed E-state index contributed by atoms with van der Waals surface area (Å²) in [5.74, 6) is -0.0526. The van der Waals surface area contributed by atoms with Crippen LogP contribution in [-0.2, 0) is 9.59 Å². The van der Waals surface area contributed by atoms with E-state index in [2.05, 4.69) is 0 Å². The van der Waals surface area contributed by atoms with Crippen LogP contribution in [0.2, 0.25) is 0 Å². The van der Waals surface area contributed by atoms with Crippen LogP contribution in [0.5, 0.6) is 0 Å². The van der Waals surface area contributed by atoms with Crippen molar-refractivity contribution in [3.05, 3.63) is 0 Å². The zero-order chi connectivity index (χ0) is 12.0. The van der Waals surface area contributed by atoms with Crippen LogP contribution in [0.4, 0.5) is 0 Å². The Bertz CT molecular complexity index is 227. The summed E-state index contributed by atoms with van der Waals surface area (Å²) >= 11 is 0. The number of carbonyl (C=O) groups excluding carboxylic acids is 2. The molecule has 0 N–H and O–H groups in total. The molecule has 0 bridgehead atoms. The number of carbonyl (C=O) groups is 2. The minimum Gasteiger partial charge on any atom is -0.344 e. The van der Waals surface area contributed by atoms with Gasteiger partial charge in [-0.2, -0.15) is 0 Å². The molecule has 15 heavy (non-hydrogen) atoms. The first kappa shape index (κ1) is 14.1. The number of hydrogen-bond donors (Lipinski definition) is 0. The van der Waals surface area contributed by atoms with Gasteiger partial charge in [-0.15, -0.1) is 0 Å². The number of hydrogen-bond acceptors (Lipinski definition) is 3. The molecule has 1 unspecified atom stereocenters. The Morgan fingerprint density at radius 2 is 1.67 bits per heavy atom. The molecule has 88 valence electrons. The summed E-state index contributed by atoms with van der Waals surface area (Å²) in [4.78, 5) is 26.3. The van der Waals surface area contributed by atoms with Crippen molar-refractivity contribution >= 4 is 11.7 Å². The fourth-order valence-corrected chi connectivity index (χ4v) is 1.04. The topological polar surface area (TPSA) is 40.6 Å². The zero-order valence-electron chi connectivity index (χ0n) is 10.4. The molecule has 0 aliphatic heterocycles. The minimum atomic E-state index is -0.167. The van der Waals surface area contributed by atoms with Gasteiger partial charge >= 0.3 is 0 Å². The molecule has 0 saturated carbocycles. The van der Waals surface area contributed by atoms with Crippen LogP contribution in [0, 0.1) is 5.92 Å². The average Bonchev–Trinajstić information content (AvgIpc) is 2.13. The Morgan fingerprint density at radius 3 is 2.07 bits per heavy atom. The largest absolute Gasteiger partial charge is 0.344 e. The quantitative estimate of drug-likeness (QED) is 0.651. The molecule has 0 radical (unpaired) electrons. The Balaban J connectivity index is 3.94. The number of ketones is 1.